The SMILES string of the molecule is O=C(NC(=S)N1CCN(c2c(Cl)cccc2[N+](=O)[O-])CC1)c1ccc(-c2cccc(Cl)c2Cl)o1. The Morgan fingerprint density at radius 3 is 2.38 bits per heavy atom. The fourth-order valence-corrected chi connectivity index (χ4v) is 4.59. The number of nitrogens with zero attached hydrogens (tertiary/aromatic N) is 3. The number of furan rings is 1. The van der Waals surface area contributed by atoms with Crippen molar-refractivity contribution in [3.63, 3.8) is 0 Å². The van der Waals surface area contributed by atoms with Crippen molar-refractivity contribution in [1.29, 1.82) is 0 Å². The fourth-order valence-electron chi connectivity index (χ4n) is 3.63. The quantitative estimate of drug-likeness (QED) is 0.260. The van der Waals surface area contributed by atoms with Crippen molar-refractivity contribution in [2.45, 2.75) is 0 Å². The van der Waals surface area contributed by atoms with E-state index in [-0.39, 0.29) is 16.6 Å². The van der Waals surface area contributed by atoms with E-state index in [1.807, 2.05) is 9.80 Å². The van der Waals surface area contributed by atoms with Crippen LogP contribution in [0.3, 0.4) is 0 Å². The number of benzene rings is 2. The zero-order valence-corrected chi connectivity index (χ0v) is 20.5. The van der Waals surface area contributed by atoms with E-state index < -0.39 is 10.8 Å². The van der Waals surface area contributed by atoms with E-state index in [9.17, 15) is 14.9 Å². The summed E-state index contributed by atoms with van der Waals surface area (Å²) < 4.78 is 5.66. The zero-order chi connectivity index (χ0) is 24.4. The molecule has 1 fully saturated rings. The van der Waals surface area contributed by atoms with Gasteiger partial charge in [-0.2, -0.15) is 0 Å². The molecule has 176 valence electrons. The molecule has 4 rings (SSSR count). The Balaban J connectivity index is 1.39. The van der Waals surface area contributed by atoms with Crippen molar-refractivity contribution in [2.24, 2.45) is 0 Å². The van der Waals surface area contributed by atoms with Gasteiger partial charge in [-0.15, -0.1) is 0 Å². The second kappa shape index (κ2) is 10.2. The standard InChI is InChI=1S/C22H17Cl3N4O4S/c23-14-4-1-3-13(19(14)25)17-7-8-18(33-17)21(30)26-22(34)28-11-9-27(10-12-28)20-15(24)5-2-6-16(20)29(31)32/h1-8H,9-12H2,(H,26,30,34). The number of anilines is 1. The van der Waals surface area contributed by atoms with E-state index >= 15 is 0 Å². The van der Waals surface area contributed by atoms with Crippen LogP contribution in [0.1, 0.15) is 10.6 Å². The summed E-state index contributed by atoms with van der Waals surface area (Å²) in [4.78, 5) is 27.3. The molecule has 1 N–H and O–H groups in total. The molecule has 2 heterocycles. The van der Waals surface area contributed by atoms with Crippen LogP contribution < -0.4 is 10.2 Å². The van der Waals surface area contributed by atoms with E-state index in [0.717, 1.165) is 0 Å². The Morgan fingerprint density at radius 2 is 1.68 bits per heavy atom. The van der Waals surface area contributed by atoms with Gasteiger partial charge in [0.1, 0.15) is 11.4 Å². The predicted octanol–water partition coefficient (Wildman–Crippen LogP) is 5.65. The average Bonchev–Trinajstić information content (AvgIpc) is 3.31. The van der Waals surface area contributed by atoms with Crippen LogP contribution >= 0.6 is 47.0 Å². The van der Waals surface area contributed by atoms with Crippen molar-refractivity contribution in [2.75, 3.05) is 31.1 Å². The van der Waals surface area contributed by atoms with Gasteiger partial charge in [0.25, 0.3) is 11.6 Å². The molecule has 0 atom stereocenters. The summed E-state index contributed by atoms with van der Waals surface area (Å²) in [6.07, 6.45) is 0. The van der Waals surface area contributed by atoms with E-state index in [4.69, 9.17) is 51.4 Å². The minimum absolute atomic E-state index is 0.0507. The Morgan fingerprint density at radius 1 is 1.00 bits per heavy atom. The molecule has 8 nitrogen and oxygen atoms in total. The molecule has 2 aromatic carbocycles. The molecule has 1 aliphatic rings. The van der Waals surface area contributed by atoms with Gasteiger partial charge in [0.15, 0.2) is 10.9 Å². The van der Waals surface area contributed by atoms with Crippen molar-refractivity contribution >= 4 is 69.4 Å². The Labute approximate surface area is 215 Å². The van der Waals surface area contributed by atoms with Crippen LogP contribution in [0.25, 0.3) is 11.3 Å². The summed E-state index contributed by atoms with van der Waals surface area (Å²) in [5.74, 6) is -0.0317. The average molecular weight is 540 g/mol. The van der Waals surface area contributed by atoms with Gasteiger partial charge in [0.2, 0.25) is 0 Å². The summed E-state index contributed by atoms with van der Waals surface area (Å²) in [5.41, 5.74) is 0.900. The van der Waals surface area contributed by atoms with Crippen LogP contribution in [0, 0.1) is 10.1 Å². The van der Waals surface area contributed by atoms with Gasteiger partial charge in [-0.25, -0.2) is 0 Å². The first-order chi connectivity index (χ1) is 16.3. The molecule has 0 spiro atoms. The third kappa shape index (κ3) is 4.97. The minimum Gasteiger partial charge on any atom is -0.451 e. The highest BCUT2D eigenvalue weighted by molar-refractivity contribution is 7.80. The number of carbonyl (C=O) groups excluding carboxylic acids is 1. The predicted molar refractivity (Wildman–Crippen MR) is 136 cm³/mol. The summed E-state index contributed by atoms with van der Waals surface area (Å²) in [6.45, 7) is 1.78. The molecule has 12 heteroatoms. The van der Waals surface area contributed by atoms with Crippen LogP contribution in [-0.2, 0) is 0 Å². The van der Waals surface area contributed by atoms with Gasteiger partial charge in [-0.1, -0.05) is 46.9 Å². The van der Waals surface area contributed by atoms with Crippen LogP contribution in [0.2, 0.25) is 15.1 Å². The van der Waals surface area contributed by atoms with Crippen molar-refractivity contribution < 1.29 is 14.1 Å². The molecule has 0 bridgehead atoms. The molecular weight excluding hydrogens is 523 g/mol. The number of thiocarbonyl (C=S) groups is 1. The minimum atomic E-state index is -0.501. The Kier molecular flexibility index (Phi) is 7.27. The van der Waals surface area contributed by atoms with Crippen LogP contribution in [-0.4, -0.2) is 47.0 Å². The van der Waals surface area contributed by atoms with Crippen molar-refractivity contribution in [3.8, 4) is 11.3 Å². The lowest BCUT2D eigenvalue weighted by Gasteiger charge is -2.37. The molecule has 0 unspecified atom stereocenters. The molecule has 1 aromatic heterocycles. The van der Waals surface area contributed by atoms with Gasteiger partial charge in [-0.05, 0) is 42.5 Å². The maximum Gasteiger partial charge on any atom is 0.294 e. The van der Waals surface area contributed by atoms with Gasteiger partial charge in [-0.3, -0.25) is 20.2 Å². The second-order valence-electron chi connectivity index (χ2n) is 7.36. The van der Waals surface area contributed by atoms with Crippen molar-refractivity contribution in [3.05, 3.63) is 79.5 Å². The van der Waals surface area contributed by atoms with Crippen LogP contribution in [0.4, 0.5) is 11.4 Å². The van der Waals surface area contributed by atoms with Gasteiger partial charge in [0.05, 0.1) is 20.0 Å². The van der Waals surface area contributed by atoms with Gasteiger partial charge >= 0.3 is 0 Å². The molecule has 1 amide bonds. The summed E-state index contributed by atoms with van der Waals surface area (Å²) >= 11 is 23.9. The Hall–Kier alpha value is -2.85. The number of rotatable bonds is 4. The summed E-state index contributed by atoms with van der Waals surface area (Å²) in [7, 11) is 0. The molecule has 0 radical (unpaired) electrons. The number of hydrogen-bond acceptors (Lipinski definition) is 6. The highest BCUT2D eigenvalue weighted by atomic mass is 35.5. The number of piperazine rings is 1. The normalized spacial score (nSPS) is 13.6. The summed E-state index contributed by atoms with van der Waals surface area (Å²) in [5, 5.41) is 15.3. The monoisotopic (exact) mass is 538 g/mol. The van der Waals surface area contributed by atoms with E-state index in [1.165, 1.54) is 12.1 Å². The number of nitrogens with one attached hydrogen (secondary N) is 1. The second-order valence-corrected chi connectivity index (χ2v) is 8.94. The first-order valence-corrected chi connectivity index (χ1v) is 11.6. The first kappa shape index (κ1) is 24.3. The highest BCUT2D eigenvalue weighted by Crippen LogP contribution is 2.36. The van der Waals surface area contributed by atoms with Gasteiger partial charge < -0.3 is 14.2 Å². The fraction of sp³-hybridized carbons (Fsp3) is 0.182. The molecule has 34 heavy (non-hydrogen) atoms. The van der Waals surface area contributed by atoms with Gasteiger partial charge in [0, 0.05) is 37.8 Å². The molecule has 0 saturated carbocycles. The molecule has 1 saturated heterocycles. The van der Waals surface area contributed by atoms with Crippen LogP contribution in [0.5, 0.6) is 0 Å². The topological polar surface area (TPSA) is 91.9 Å². The lowest BCUT2D eigenvalue weighted by Crippen LogP contribution is -2.52. The lowest BCUT2D eigenvalue weighted by atomic mass is 10.2. The molecular formula is C22H17Cl3N4O4S. The van der Waals surface area contributed by atoms with Crippen LogP contribution in [0.15, 0.2) is 52.9 Å². The summed E-state index contributed by atoms with van der Waals surface area (Å²) in [6, 6.07) is 12.9. The number of hydrogen-bond donors (Lipinski definition) is 1. The number of nitro groups is 1. The zero-order valence-electron chi connectivity index (χ0n) is 17.5. The molecule has 1 aliphatic heterocycles. The number of para-hydroxylation sites is 1. The lowest BCUT2D eigenvalue weighted by molar-refractivity contribution is -0.384. The number of nitro benzene ring substituents is 1. The highest BCUT2D eigenvalue weighted by Gasteiger charge is 2.27. The third-order valence-corrected chi connectivity index (χ3v) is 6.80. The van der Waals surface area contributed by atoms with E-state index in [1.54, 1.807) is 36.4 Å². The maximum absolute atomic E-state index is 12.7. The number of carbonyl (C=O) groups is 1. The van der Waals surface area contributed by atoms with E-state index in [2.05, 4.69) is 5.32 Å². The largest absolute Gasteiger partial charge is 0.451 e. The molecule has 0 aliphatic carbocycles. The maximum atomic E-state index is 12.7. The third-order valence-electron chi connectivity index (χ3n) is 5.31. The first-order valence-electron chi connectivity index (χ1n) is 10.1. The number of amides is 1. The Bertz CT molecular complexity index is 1270. The smallest absolute Gasteiger partial charge is 0.294 e. The van der Waals surface area contributed by atoms with Crippen molar-refractivity contribution in [1.82, 2.24) is 10.2 Å². The molecule has 3 aromatic rings. The number of halogens is 3. The van der Waals surface area contributed by atoms with E-state index in [0.29, 0.717) is 58.3 Å².